The SMILES string of the molecule is CC(C)NC(=O)[CH]CSCCCN(C)C. The van der Waals surface area contributed by atoms with Crippen molar-refractivity contribution in [1.29, 1.82) is 0 Å². The third kappa shape index (κ3) is 11.7. The maximum Gasteiger partial charge on any atom is 0.224 e. The second kappa shape index (κ2) is 9.04. The Hall–Kier alpha value is -0.220. The van der Waals surface area contributed by atoms with Crippen molar-refractivity contribution in [2.75, 3.05) is 32.1 Å². The van der Waals surface area contributed by atoms with E-state index in [0.717, 1.165) is 18.1 Å². The molecule has 4 heteroatoms. The molecule has 0 heterocycles. The number of hydrogen-bond acceptors (Lipinski definition) is 3. The number of thioether (sulfide) groups is 1. The van der Waals surface area contributed by atoms with Gasteiger partial charge in [0.15, 0.2) is 0 Å². The van der Waals surface area contributed by atoms with Gasteiger partial charge in [0.1, 0.15) is 0 Å². The van der Waals surface area contributed by atoms with Crippen molar-refractivity contribution < 1.29 is 4.79 Å². The van der Waals surface area contributed by atoms with Gasteiger partial charge in [0.25, 0.3) is 0 Å². The predicted molar refractivity (Wildman–Crippen MR) is 68.1 cm³/mol. The molecular formula is C11H23N2OS. The first-order valence-electron chi connectivity index (χ1n) is 5.38. The highest BCUT2D eigenvalue weighted by atomic mass is 32.2. The standard InChI is InChI=1S/C11H23N2OS/c1-10(2)12-11(14)6-9-15-8-5-7-13(3)4/h6,10H,5,7-9H2,1-4H3,(H,12,14). The zero-order chi connectivity index (χ0) is 11.7. The lowest BCUT2D eigenvalue weighted by Gasteiger charge is -2.09. The molecule has 0 aliphatic heterocycles. The van der Waals surface area contributed by atoms with Crippen molar-refractivity contribution in [3.63, 3.8) is 0 Å². The molecule has 0 saturated carbocycles. The topological polar surface area (TPSA) is 32.3 Å². The smallest absolute Gasteiger partial charge is 0.224 e. The van der Waals surface area contributed by atoms with Crippen molar-refractivity contribution >= 4 is 17.7 Å². The first-order chi connectivity index (χ1) is 7.02. The van der Waals surface area contributed by atoms with Crippen LogP contribution in [0, 0.1) is 6.42 Å². The molecule has 15 heavy (non-hydrogen) atoms. The first kappa shape index (κ1) is 14.8. The fourth-order valence-electron chi connectivity index (χ4n) is 1.04. The Labute approximate surface area is 98.0 Å². The van der Waals surface area contributed by atoms with Crippen molar-refractivity contribution in [3.05, 3.63) is 6.42 Å². The van der Waals surface area contributed by atoms with Crippen LogP contribution in [-0.4, -0.2) is 49.0 Å². The van der Waals surface area contributed by atoms with E-state index < -0.39 is 0 Å². The molecule has 1 radical (unpaired) electrons. The van der Waals surface area contributed by atoms with E-state index in [1.54, 1.807) is 6.42 Å². The zero-order valence-electron chi connectivity index (χ0n) is 10.2. The van der Waals surface area contributed by atoms with Crippen LogP contribution in [0.4, 0.5) is 0 Å². The summed E-state index contributed by atoms with van der Waals surface area (Å²) in [6, 6.07) is 0.229. The normalized spacial score (nSPS) is 11.1. The maximum absolute atomic E-state index is 11.2. The van der Waals surface area contributed by atoms with Crippen LogP contribution >= 0.6 is 11.8 Å². The van der Waals surface area contributed by atoms with Gasteiger partial charge in [-0.3, -0.25) is 4.79 Å². The molecule has 0 rings (SSSR count). The third-order valence-electron chi connectivity index (χ3n) is 1.71. The van der Waals surface area contributed by atoms with Gasteiger partial charge in [0.05, 0.1) is 6.42 Å². The highest BCUT2D eigenvalue weighted by Gasteiger charge is 2.02. The van der Waals surface area contributed by atoms with Gasteiger partial charge < -0.3 is 10.2 Å². The van der Waals surface area contributed by atoms with Crippen LogP contribution in [0.1, 0.15) is 20.3 Å². The Balaban J connectivity index is 3.20. The van der Waals surface area contributed by atoms with E-state index in [1.807, 2.05) is 25.6 Å². The Kier molecular flexibility index (Phi) is 8.91. The summed E-state index contributed by atoms with van der Waals surface area (Å²) in [5.41, 5.74) is 0. The minimum Gasteiger partial charge on any atom is -0.354 e. The fourth-order valence-corrected chi connectivity index (χ4v) is 1.81. The van der Waals surface area contributed by atoms with Crippen molar-refractivity contribution in [2.45, 2.75) is 26.3 Å². The van der Waals surface area contributed by atoms with Crippen LogP contribution in [0.2, 0.25) is 0 Å². The van der Waals surface area contributed by atoms with E-state index in [-0.39, 0.29) is 11.9 Å². The third-order valence-corrected chi connectivity index (χ3v) is 2.69. The van der Waals surface area contributed by atoms with Gasteiger partial charge in [-0.05, 0) is 46.7 Å². The molecule has 0 unspecified atom stereocenters. The molecule has 0 aromatic rings. The number of carbonyl (C=O) groups excluding carboxylic acids is 1. The molecule has 1 amide bonds. The fraction of sp³-hybridized carbons (Fsp3) is 0.818. The molecule has 1 N–H and O–H groups in total. The van der Waals surface area contributed by atoms with Crippen LogP contribution in [0.25, 0.3) is 0 Å². The second-order valence-electron chi connectivity index (χ2n) is 4.10. The molecular weight excluding hydrogens is 208 g/mol. The summed E-state index contributed by atoms with van der Waals surface area (Å²) in [6.07, 6.45) is 2.90. The van der Waals surface area contributed by atoms with E-state index in [4.69, 9.17) is 0 Å². The van der Waals surface area contributed by atoms with Gasteiger partial charge in [-0.1, -0.05) is 0 Å². The van der Waals surface area contributed by atoms with Crippen LogP contribution in [0.3, 0.4) is 0 Å². The Morgan fingerprint density at radius 3 is 2.67 bits per heavy atom. The van der Waals surface area contributed by atoms with E-state index in [2.05, 4.69) is 24.3 Å². The Morgan fingerprint density at radius 2 is 2.13 bits per heavy atom. The number of hydrogen-bond donors (Lipinski definition) is 1. The average molecular weight is 231 g/mol. The van der Waals surface area contributed by atoms with Gasteiger partial charge in [-0.25, -0.2) is 0 Å². The largest absolute Gasteiger partial charge is 0.354 e. The predicted octanol–water partition coefficient (Wildman–Crippen LogP) is 1.40. The molecule has 0 spiro atoms. The second-order valence-corrected chi connectivity index (χ2v) is 5.25. The van der Waals surface area contributed by atoms with E-state index in [0.29, 0.717) is 0 Å². The Bertz CT molecular complexity index is 172. The monoisotopic (exact) mass is 231 g/mol. The zero-order valence-corrected chi connectivity index (χ0v) is 11.1. The molecule has 0 aromatic carbocycles. The minimum atomic E-state index is 0.0464. The first-order valence-corrected chi connectivity index (χ1v) is 6.54. The lowest BCUT2D eigenvalue weighted by atomic mass is 10.3. The molecule has 89 valence electrons. The summed E-state index contributed by atoms with van der Waals surface area (Å²) in [7, 11) is 4.15. The van der Waals surface area contributed by atoms with E-state index in [1.165, 1.54) is 6.42 Å². The van der Waals surface area contributed by atoms with Crippen molar-refractivity contribution in [3.8, 4) is 0 Å². The Morgan fingerprint density at radius 1 is 1.47 bits per heavy atom. The molecule has 0 aliphatic carbocycles. The lowest BCUT2D eigenvalue weighted by Crippen LogP contribution is -2.30. The average Bonchev–Trinajstić information content (AvgIpc) is 2.09. The summed E-state index contributed by atoms with van der Waals surface area (Å²) >= 11 is 1.81. The van der Waals surface area contributed by atoms with Gasteiger partial charge in [-0.2, -0.15) is 11.8 Å². The highest BCUT2D eigenvalue weighted by Crippen LogP contribution is 2.04. The maximum atomic E-state index is 11.2. The number of carbonyl (C=O) groups is 1. The van der Waals surface area contributed by atoms with Crippen LogP contribution in [0.5, 0.6) is 0 Å². The van der Waals surface area contributed by atoms with Gasteiger partial charge in [0, 0.05) is 11.8 Å². The number of nitrogens with zero attached hydrogens (tertiary/aromatic N) is 1. The van der Waals surface area contributed by atoms with Crippen LogP contribution < -0.4 is 5.32 Å². The molecule has 0 aliphatic rings. The summed E-state index contributed by atoms with van der Waals surface area (Å²) in [5.74, 6) is 1.97. The highest BCUT2D eigenvalue weighted by molar-refractivity contribution is 7.99. The summed E-state index contributed by atoms with van der Waals surface area (Å²) < 4.78 is 0. The molecule has 0 fully saturated rings. The van der Waals surface area contributed by atoms with Gasteiger partial charge in [0.2, 0.25) is 5.91 Å². The number of nitrogens with one attached hydrogen (secondary N) is 1. The molecule has 0 bridgehead atoms. The van der Waals surface area contributed by atoms with E-state index in [9.17, 15) is 4.79 Å². The molecule has 0 saturated heterocycles. The van der Waals surface area contributed by atoms with Crippen molar-refractivity contribution in [2.24, 2.45) is 0 Å². The van der Waals surface area contributed by atoms with Crippen molar-refractivity contribution in [1.82, 2.24) is 10.2 Å². The summed E-state index contributed by atoms with van der Waals surface area (Å²) in [5, 5.41) is 2.84. The lowest BCUT2D eigenvalue weighted by molar-refractivity contribution is -0.118. The molecule has 0 atom stereocenters. The van der Waals surface area contributed by atoms with Gasteiger partial charge in [-0.15, -0.1) is 0 Å². The quantitative estimate of drug-likeness (QED) is 0.641. The van der Waals surface area contributed by atoms with Crippen LogP contribution in [-0.2, 0) is 4.79 Å². The summed E-state index contributed by atoms with van der Waals surface area (Å²) in [4.78, 5) is 13.4. The number of rotatable bonds is 8. The number of amides is 1. The van der Waals surface area contributed by atoms with E-state index >= 15 is 0 Å². The molecule has 0 aromatic heterocycles. The molecule has 3 nitrogen and oxygen atoms in total. The van der Waals surface area contributed by atoms with Gasteiger partial charge >= 0.3 is 0 Å². The summed E-state index contributed by atoms with van der Waals surface area (Å²) in [6.45, 7) is 5.05. The minimum absolute atomic E-state index is 0.0464. The van der Waals surface area contributed by atoms with Crippen LogP contribution in [0.15, 0.2) is 0 Å².